The standard InChI is InChI=1S/C15H23FO3/c1-14(2,9-17)10-7-12(18-5)13(19-6)8-11(10)15(3,4)16/h7-8,17H,9H2,1-6H3. The molecule has 1 N–H and O–H groups in total. The third kappa shape index (κ3) is 3.18. The van der Waals surface area contributed by atoms with Crippen LogP contribution in [0, 0.1) is 0 Å². The number of rotatable bonds is 5. The molecule has 19 heavy (non-hydrogen) atoms. The summed E-state index contributed by atoms with van der Waals surface area (Å²) in [6.07, 6.45) is 0. The third-order valence-electron chi connectivity index (χ3n) is 3.29. The van der Waals surface area contributed by atoms with Crippen LogP contribution in [0.25, 0.3) is 0 Å². The van der Waals surface area contributed by atoms with Crippen molar-refractivity contribution in [3.8, 4) is 11.5 Å². The SMILES string of the molecule is COc1cc(C(C)(C)F)c(C(C)(C)CO)cc1OC. The van der Waals surface area contributed by atoms with Crippen molar-refractivity contribution in [1.82, 2.24) is 0 Å². The van der Waals surface area contributed by atoms with E-state index in [1.807, 2.05) is 13.8 Å². The van der Waals surface area contributed by atoms with Crippen LogP contribution in [0.3, 0.4) is 0 Å². The van der Waals surface area contributed by atoms with Crippen molar-refractivity contribution < 1.29 is 19.0 Å². The highest BCUT2D eigenvalue weighted by molar-refractivity contribution is 5.51. The lowest BCUT2D eigenvalue weighted by atomic mass is 9.78. The second-order valence-electron chi connectivity index (χ2n) is 5.77. The minimum absolute atomic E-state index is 0.0778. The highest BCUT2D eigenvalue weighted by Crippen LogP contribution is 2.41. The van der Waals surface area contributed by atoms with Gasteiger partial charge in [0.25, 0.3) is 0 Å². The van der Waals surface area contributed by atoms with E-state index < -0.39 is 11.1 Å². The number of aliphatic hydroxyl groups excluding tert-OH is 1. The molecule has 1 aromatic rings. The van der Waals surface area contributed by atoms with Crippen LogP contribution in [-0.2, 0) is 11.1 Å². The van der Waals surface area contributed by atoms with Crippen molar-refractivity contribution in [3.05, 3.63) is 23.3 Å². The van der Waals surface area contributed by atoms with E-state index in [1.54, 1.807) is 12.1 Å². The van der Waals surface area contributed by atoms with Gasteiger partial charge in [-0.05, 0) is 37.1 Å². The van der Waals surface area contributed by atoms with Gasteiger partial charge in [-0.25, -0.2) is 4.39 Å². The molecule has 0 bridgehead atoms. The first-order valence-corrected chi connectivity index (χ1v) is 6.24. The normalized spacial score (nSPS) is 12.4. The van der Waals surface area contributed by atoms with Gasteiger partial charge >= 0.3 is 0 Å². The Morgan fingerprint density at radius 1 is 1.00 bits per heavy atom. The van der Waals surface area contributed by atoms with E-state index in [-0.39, 0.29) is 6.61 Å². The van der Waals surface area contributed by atoms with Gasteiger partial charge in [-0.3, -0.25) is 0 Å². The summed E-state index contributed by atoms with van der Waals surface area (Å²) in [6, 6.07) is 3.39. The van der Waals surface area contributed by atoms with E-state index in [4.69, 9.17) is 9.47 Å². The van der Waals surface area contributed by atoms with Crippen LogP contribution in [0.1, 0.15) is 38.8 Å². The highest BCUT2D eigenvalue weighted by atomic mass is 19.1. The van der Waals surface area contributed by atoms with Gasteiger partial charge in [0.1, 0.15) is 5.67 Å². The Morgan fingerprint density at radius 2 is 1.42 bits per heavy atom. The second kappa shape index (κ2) is 5.37. The first-order chi connectivity index (χ1) is 8.67. The zero-order valence-corrected chi connectivity index (χ0v) is 12.5. The van der Waals surface area contributed by atoms with E-state index in [0.29, 0.717) is 17.1 Å². The van der Waals surface area contributed by atoms with E-state index in [1.165, 1.54) is 28.1 Å². The average molecular weight is 270 g/mol. The van der Waals surface area contributed by atoms with Crippen molar-refractivity contribution in [3.63, 3.8) is 0 Å². The number of methoxy groups -OCH3 is 2. The zero-order chi connectivity index (χ0) is 14.8. The summed E-state index contributed by atoms with van der Waals surface area (Å²) in [7, 11) is 3.05. The smallest absolute Gasteiger partial charge is 0.161 e. The average Bonchev–Trinajstić information content (AvgIpc) is 2.35. The van der Waals surface area contributed by atoms with Crippen molar-refractivity contribution in [2.45, 2.75) is 38.8 Å². The molecule has 0 unspecified atom stereocenters. The minimum atomic E-state index is -1.53. The van der Waals surface area contributed by atoms with Crippen molar-refractivity contribution in [2.24, 2.45) is 0 Å². The van der Waals surface area contributed by atoms with Crippen LogP contribution in [0.4, 0.5) is 4.39 Å². The van der Waals surface area contributed by atoms with Crippen molar-refractivity contribution >= 4 is 0 Å². The van der Waals surface area contributed by atoms with Gasteiger partial charge in [-0.15, -0.1) is 0 Å². The van der Waals surface area contributed by atoms with Crippen LogP contribution in [0.5, 0.6) is 11.5 Å². The van der Waals surface area contributed by atoms with Gasteiger partial charge in [0.15, 0.2) is 11.5 Å². The molecule has 4 heteroatoms. The van der Waals surface area contributed by atoms with E-state index >= 15 is 0 Å². The number of aliphatic hydroxyl groups is 1. The highest BCUT2D eigenvalue weighted by Gasteiger charge is 2.32. The number of alkyl halides is 1. The molecule has 0 saturated carbocycles. The van der Waals surface area contributed by atoms with E-state index in [0.717, 1.165) is 5.56 Å². The molecule has 0 saturated heterocycles. The maximum Gasteiger partial charge on any atom is 0.161 e. The van der Waals surface area contributed by atoms with Gasteiger partial charge < -0.3 is 14.6 Å². The fourth-order valence-corrected chi connectivity index (χ4v) is 2.02. The molecule has 0 aliphatic heterocycles. The number of hydrogen-bond donors (Lipinski definition) is 1. The molecule has 0 spiro atoms. The summed E-state index contributed by atoms with van der Waals surface area (Å²) in [5.41, 5.74) is -0.858. The lowest BCUT2D eigenvalue weighted by Crippen LogP contribution is -2.27. The Kier molecular flexibility index (Phi) is 4.46. The van der Waals surface area contributed by atoms with E-state index in [2.05, 4.69) is 0 Å². The lowest BCUT2D eigenvalue weighted by Gasteiger charge is -2.30. The summed E-state index contributed by atoms with van der Waals surface area (Å²) in [4.78, 5) is 0. The predicted octanol–water partition coefficient (Wildman–Crippen LogP) is 3.18. The molecule has 0 atom stereocenters. The monoisotopic (exact) mass is 270 g/mol. The number of halogens is 1. The maximum atomic E-state index is 14.4. The minimum Gasteiger partial charge on any atom is -0.493 e. The Labute approximate surface area is 114 Å². The second-order valence-corrected chi connectivity index (χ2v) is 5.77. The van der Waals surface area contributed by atoms with Gasteiger partial charge in [0.2, 0.25) is 0 Å². The molecule has 0 fully saturated rings. The molecule has 0 aromatic heterocycles. The van der Waals surface area contributed by atoms with Crippen LogP contribution in [0.15, 0.2) is 12.1 Å². The summed E-state index contributed by atoms with van der Waals surface area (Å²) < 4.78 is 24.9. The largest absolute Gasteiger partial charge is 0.493 e. The van der Waals surface area contributed by atoms with Gasteiger partial charge in [0, 0.05) is 5.41 Å². The molecular weight excluding hydrogens is 247 g/mol. The molecular formula is C15H23FO3. The van der Waals surface area contributed by atoms with E-state index in [9.17, 15) is 9.50 Å². The van der Waals surface area contributed by atoms with Gasteiger partial charge in [0.05, 0.1) is 20.8 Å². The summed E-state index contributed by atoms with van der Waals surface area (Å²) in [5, 5.41) is 9.53. The molecule has 1 aromatic carbocycles. The summed E-state index contributed by atoms with van der Waals surface area (Å²) in [5.74, 6) is 1.02. The Hall–Kier alpha value is -1.29. The molecule has 0 aliphatic rings. The fourth-order valence-electron chi connectivity index (χ4n) is 2.02. The topological polar surface area (TPSA) is 38.7 Å². The lowest BCUT2D eigenvalue weighted by molar-refractivity contribution is 0.196. The molecule has 0 heterocycles. The van der Waals surface area contributed by atoms with Gasteiger partial charge in [-0.1, -0.05) is 13.8 Å². The third-order valence-corrected chi connectivity index (χ3v) is 3.29. The van der Waals surface area contributed by atoms with Crippen LogP contribution in [0.2, 0.25) is 0 Å². The van der Waals surface area contributed by atoms with Crippen molar-refractivity contribution in [2.75, 3.05) is 20.8 Å². The summed E-state index contributed by atoms with van der Waals surface area (Å²) >= 11 is 0. The zero-order valence-electron chi connectivity index (χ0n) is 12.5. The number of benzene rings is 1. The van der Waals surface area contributed by atoms with Crippen LogP contribution < -0.4 is 9.47 Å². The Balaban J connectivity index is 3.59. The fraction of sp³-hybridized carbons (Fsp3) is 0.600. The molecule has 1 rings (SSSR count). The maximum absolute atomic E-state index is 14.4. The molecule has 0 aliphatic carbocycles. The van der Waals surface area contributed by atoms with Crippen LogP contribution in [-0.4, -0.2) is 25.9 Å². The molecule has 0 amide bonds. The van der Waals surface area contributed by atoms with Gasteiger partial charge in [-0.2, -0.15) is 0 Å². The summed E-state index contributed by atoms with van der Waals surface area (Å²) in [6.45, 7) is 6.63. The van der Waals surface area contributed by atoms with Crippen molar-refractivity contribution in [1.29, 1.82) is 0 Å². The van der Waals surface area contributed by atoms with Crippen LogP contribution >= 0.6 is 0 Å². The first-order valence-electron chi connectivity index (χ1n) is 6.24. The Bertz CT molecular complexity index is 447. The number of hydrogen-bond acceptors (Lipinski definition) is 3. The molecule has 108 valence electrons. The first kappa shape index (κ1) is 15.8. The Morgan fingerprint density at radius 3 is 1.74 bits per heavy atom. The predicted molar refractivity (Wildman–Crippen MR) is 73.8 cm³/mol. The quantitative estimate of drug-likeness (QED) is 0.893. The molecule has 0 radical (unpaired) electrons. The number of ether oxygens (including phenoxy) is 2. The molecule has 3 nitrogen and oxygen atoms in total.